The van der Waals surface area contributed by atoms with Gasteiger partial charge in [-0.3, -0.25) is 0 Å². The minimum Gasteiger partial charge on any atom is -0.403 e. The predicted molar refractivity (Wildman–Crippen MR) is 116 cm³/mol. The van der Waals surface area contributed by atoms with E-state index in [0.29, 0.717) is 0 Å². The molecule has 0 radical (unpaired) electrons. The van der Waals surface area contributed by atoms with E-state index in [1.165, 1.54) is 5.56 Å². The summed E-state index contributed by atoms with van der Waals surface area (Å²) in [4.78, 5) is 0. The van der Waals surface area contributed by atoms with Gasteiger partial charge in [0, 0.05) is 16.8 Å². The van der Waals surface area contributed by atoms with E-state index in [4.69, 9.17) is 15.0 Å². The minimum absolute atomic E-state index is 0.0408. The molecule has 3 fully saturated rings. The molecular weight excluding hydrogens is 333 g/mol. The molecule has 4 heteroatoms. The first kappa shape index (κ1) is 22.5. The highest BCUT2D eigenvalue weighted by Crippen LogP contribution is 2.68. The summed E-state index contributed by atoms with van der Waals surface area (Å²) in [5.74, 6) is 0. The van der Waals surface area contributed by atoms with Gasteiger partial charge in [-0.05, 0) is 58.9 Å². The summed E-state index contributed by atoms with van der Waals surface area (Å²) in [6.07, 6.45) is 4.48. The summed E-state index contributed by atoms with van der Waals surface area (Å²) >= 11 is 0. The number of nitrogens with two attached hydrogens (primary N) is 1. The molecule has 0 amide bonds. The van der Waals surface area contributed by atoms with E-state index in [9.17, 15) is 0 Å². The normalized spacial score (nSPS) is 35.1. The fraction of sp³-hybridized carbons (Fsp3) is 0.739. The Labute approximate surface area is 167 Å². The first-order valence-electron chi connectivity index (χ1n) is 10.9. The molecule has 3 nitrogen and oxygen atoms in total. The topological polar surface area (TPSA) is 44.5 Å². The first-order chi connectivity index (χ1) is 12.7. The van der Waals surface area contributed by atoms with Crippen LogP contribution in [0.2, 0.25) is 5.31 Å². The van der Waals surface area contributed by atoms with Crippen molar-refractivity contribution in [3.05, 3.63) is 35.9 Å². The number of hydrogen-bond donors (Lipinski definition) is 1. The van der Waals surface area contributed by atoms with Crippen LogP contribution in [0.15, 0.2) is 30.3 Å². The Morgan fingerprint density at radius 3 is 1.70 bits per heavy atom. The number of rotatable bonds is 2. The Morgan fingerprint density at radius 2 is 1.26 bits per heavy atom. The largest absolute Gasteiger partial charge is 0.466 e. The van der Waals surface area contributed by atoms with Gasteiger partial charge in [-0.25, -0.2) is 0 Å². The summed E-state index contributed by atoms with van der Waals surface area (Å²) < 4.78 is 12.8. The van der Waals surface area contributed by atoms with Crippen molar-refractivity contribution in [3.63, 3.8) is 0 Å². The molecule has 1 aromatic carbocycles. The molecule has 4 rings (SSSR count). The molecule has 0 spiro atoms. The van der Waals surface area contributed by atoms with Crippen molar-refractivity contribution in [1.29, 1.82) is 0 Å². The summed E-state index contributed by atoms with van der Waals surface area (Å²) in [5.41, 5.74) is 7.81. The van der Waals surface area contributed by atoms with Crippen LogP contribution in [-0.2, 0) is 14.7 Å². The van der Waals surface area contributed by atoms with E-state index in [2.05, 4.69) is 58.0 Å². The SMILES string of the molecule is CC.CC.CC1(C)OB(C23CCC(c4ccccc4)(CC2)[C@@H]3N)OC1(C)C. The fourth-order valence-corrected chi connectivity index (χ4v) is 5.03. The Hall–Kier alpha value is -0.835. The molecule has 27 heavy (non-hydrogen) atoms. The van der Waals surface area contributed by atoms with Crippen LogP contribution < -0.4 is 5.73 Å². The molecule has 2 N–H and O–H groups in total. The molecule has 1 heterocycles. The average molecular weight is 373 g/mol. The van der Waals surface area contributed by atoms with Crippen LogP contribution in [-0.4, -0.2) is 24.4 Å². The van der Waals surface area contributed by atoms with Crippen molar-refractivity contribution in [2.45, 2.75) is 109 Å². The lowest BCUT2D eigenvalue weighted by Gasteiger charge is -2.33. The van der Waals surface area contributed by atoms with E-state index in [1.54, 1.807) is 0 Å². The second-order valence-corrected chi connectivity index (χ2v) is 8.82. The summed E-state index contributed by atoms with van der Waals surface area (Å²) in [5, 5.41) is -0.0408. The highest BCUT2D eigenvalue weighted by molar-refractivity contribution is 6.50. The Balaban J connectivity index is 0.000000614. The zero-order valence-corrected chi connectivity index (χ0v) is 18.8. The van der Waals surface area contributed by atoms with Crippen molar-refractivity contribution in [3.8, 4) is 0 Å². The van der Waals surface area contributed by atoms with Crippen LogP contribution in [0.5, 0.6) is 0 Å². The second kappa shape index (κ2) is 7.89. The van der Waals surface area contributed by atoms with Crippen molar-refractivity contribution < 1.29 is 9.31 Å². The van der Waals surface area contributed by atoms with Gasteiger partial charge < -0.3 is 15.0 Å². The third-order valence-corrected chi connectivity index (χ3v) is 7.36. The highest BCUT2D eigenvalue weighted by Gasteiger charge is 2.70. The van der Waals surface area contributed by atoms with Crippen LogP contribution >= 0.6 is 0 Å². The molecular formula is C23H40BNO2. The molecule has 2 aliphatic carbocycles. The van der Waals surface area contributed by atoms with Gasteiger partial charge in [0.2, 0.25) is 0 Å². The van der Waals surface area contributed by atoms with Gasteiger partial charge in [-0.2, -0.15) is 0 Å². The van der Waals surface area contributed by atoms with Gasteiger partial charge in [0.05, 0.1) is 11.2 Å². The number of hydrogen-bond acceptors (Lipinski definition) is 3. The summed E-state index contributed by atoms with van der Waals surface area (Å²) in [7, 11) is -0.185. The van der Waals surface area contributed by atoms with E-state index in [1.807, 2.05) is 27.7 Å². The predicted octanol–water partition coefficient (Wildman–Crippen LogP) is 5.72. The van der Waals surface area contributed by atoms with Crippen LogP contribution in [0.3, 0.4) is 0 Å². The number of fused-ring (bicyclic) bond motifs is 2. The van der Waals surface area contributed by atoms with Crippen molar-refractivity contribution in [2.75, 3.05) is 0 Å². The standard InChI is InChI=1S/C19H28BNO2.2C2H6/c1-16(2)17(3,4)23-20(22-16)19-12-10-18(11-13-19,15(19)21)14-8-6-5-7-9-14;2*1-2/h5-9,15H,10-13,21H2,1-4H3;2*1-2H3/t15-,18?,19?;;/m0../s1. The second-order valence-electron chi connectivity index (χ2n) is 8.82. The maximum absolute atomic E-state index is 6.88. The molecule has 0 aromatic heterocycles. The summed E-state index contributed by atoms with van der Waals surface area (Å²) in [6.45, 7) is 16.5. The number of benzene rings is 1. The Kier molecular flexibility index (Phi) is 6.56. The Morgan fingerprint density at radius 1 is 0.815 bits per heavy atom. The lowest BCUT2D eigenvalue weighted by molar-refractivity contribution is 0.00578. The Bertz CT molecular complexity index is 590. The lowest BCUT2D eigenvalue weighted by atomic mass is 9.54. The maximum atomic E-state index is 6.88. The lowest BCUT2D eigenvalue weighted by Crippen LogP contribution is -2.47. The monoisotopic (exact) mass is 373 g/mol. The third kappa shape index (κ3) is 3.28. The van der Waals surface area contributed by atoms with E-state index < -0.39 is 0 Å². The smallest absolute Gasteiger partial charge is 0.403 e. The first-order valence-corrected chi connectivity index (χ1v) is 10.9. The molecule has 0 unspecified atom stereocenters. The van der Waals surface area contributed by atoms with Crippen LogP contribution in [0.1, 0.15) is 86.6 Å². The molecule has 1 aliphatic heterocycles. The molecule has 1 aromatic rings. The van der Waals surface area contributed by atoms with Crippen LogP contribution in [0, 0.1) is 0 Å². The third-order valence-electron chi connectivity index (χ3n) is 7.36. The van der Waals surface area contributed by atoms with Gasteiger partial charge in [0.15, 0.2) is 0 Å². The molecule has 2 saturated carbocycles. The molecule has 3 aliphatic rings. The van der Waals surface area contributed by atoms with Gasteiger partial charge >= 0.3 is 7.12 Å². The zero-order chi connectivity index (χ0) is 20.5. The molecule has 152 valence electrons. The summed E-state index contributed by atoms with van der Waals surface area (Å²) in [6, 6.07) is 10.9. The van der Waals surface area contributed by atoms with E-state index >= 15 is 0 Å². The van der Waals surface area contributed by atoms with Gasteiger partial charge in [0.25, 0.3) is 0 Å². The molecule has 2 bridgehead atoms. The molecule has 1 saturated heterocycles. The zero-order valence-electron chi connectivity index (χ0n) is 18.8. The van der Waals surface area contributed by atoms with E-state index in [0.717, 1.165) is 25.7 Å². The average Bonchev–Trinajstić information content (AvgIpc) is 3.23. The van der Waals surface area contributed by atoms with Crippen molar-refractivity contribution >= 4 is 7.12 Å². The maximum Gasteiger partial charge on any atom is 0.466 e. The fourth-order valence-electron chi connectivity index (χ4n) is 5.03. The van der Waals surface area contributed by atoms with Gasteiger partial charge in [-0.1, -0.05) is 58.0 Å². The van der Waals surface area contributed by atoms with Crippen molar-refractivity contribution in [2.24, 2.45) is 5.73 Å². The van der Waals surface area contributed by atoms with E-state index in [-0.39, 0.29) is 35.1 Å². The quantitative estimate of drug-likeness (QED) is 0.674. The van der Waals surface area contributed by atoms with Gasteiger partial charge in [-0.15, -0.1) is 0 Å². The van der Waals surface area contributed by atoms with Gasteiger partial charge in [0.1, 0.15) is 0 Å². The van der Waals surface area contributed by atoms with Crippen LogP contribution in [0.25, 0.3) is 0 Å². The minimum atomic E-state index is -0.285. The van der Waals surface area contributed by atoms with Crippen molar-refractivity contribution in [1.82, 2.24) is 0 Å². The molecule has 1 atom stereocenters. The van der Waals surface area contributed by atoms with Crippen LogP contribution in [0.4, 0.5) is 0 Å². The highest BCUT2D eigenvalue weighted by atomic mass is 16.7.